The van der Waals surface area contributed by atoms with Gasteiger partial charge in [0.2, 0.25) is 88.8 Å². The Labute approximate surface area is 725 Å². The third-order valence-corrected chi connectivity index (χ3v) is 19.9. The number of rotatable bonds is 37. The molecule has 0 bridgehead atoms. The number of nitrogens with one attached hydrogen (secondary N) is 15. The predicted molar refractivity (Wildman–Crippen MR) is 441 cm³/mol. The number of benzene rings is 3. The van der Waals surface area contributed by atoms with Crippen LogP contribution in [0.1, 0.15) is 146 Å². The number of amides is 15. The molecule has 3 heterocycles. The zero-order valence-corrected chi connectivity index (χ0v) is 69.8. The number of aromatic amines is 1. The van der Waals surface area contributed by atoms with E-state index in [9.17, 15) is 121 Å². The van der Waals surface area contributed by atoms with Crippen molar-refractivity contribution in [3.05, 3.63) is 90.1 Å². The van der Waals surface area contributed by atoms with E-state index in [0.29, 0.717) is 35.1 Å². The van der Waals surface area contributed by atoms with E-state index in [4.69, 9.17) is 25.7 Å². The molecule has 1 fully saturated rings. The quantitative estimate of drug-likeness (QED) is 0.00874. The molecule has 2 aliphatic heterocycles. The third kappa shape index (κ3) is 33.3. The molecule has 46 nitrogen and oxygen atoms in total. The van der Waals surface area contributed by atoms with E-state index >= 15 is 4.79 Å². The van der Waals surface area contributed by atoms with Crippen molar-refractivity contribution in [2.45, 2.75) is 216 Å². The van der Waals surface area contributed by atoms with Crippen LogP contribution in [0, 0.1) is 5.92 Å². The van der Waals surface area contributed by atoms with Gasteiger partial charge in [0.05, 0.1) is 51.8 Å². The highest BCUT2D eigenvalue weighted by Gasteiger charge is 2.42. The maximum atomic E-state index is 15.0. The lowest BCUT2D eigenvalue weighted by atomic mass is 9.96. The van der Waals surface area contributed by atoms with E-state index in [1.807, 2.05) is 16.0 Å². The number of aromatic nitrogens is 1. The van der Waals surface area contributed by atoms with E-state index in [0.717, 1.165) is 52.9 Å². The molecule has 1 aromatic heterocycles. The minimum atomic E-state index is -2.51. The van der Waals surface area contributed by atoms with Crippen LogP contribution in [-0.4, -0.2) is 266 Å². The van der Waals surface area contributed by atoms with Gasteiger partial charge in [-0.3, -0.25) is 95.9 Å². The Morgan fingerprint density at radius 3 is 1.73 bits per heavy atom. The number of anilines is 1. The first-order chi connectivity index (χ1) is 60.2. The van der Waals surface area contributed by atoms with Gasteiger partial charge in [0.1, 0.15) is 79.2 Å². The Kier molecular flexibility index (Phi) is 40.3. The zero-order valence-electron chi connectivity index (χ0n) is 69.8. The lowest BCUT2D eigenvalue weighted by molar-refractivity contribution is -0.156. The molecule has 690 valence electrons. The van der Waals surface area contributed by atoms with Crippen LogP contribution >= 0.6 is 0 Å². The van der Waals surface area contributed by atoms with Gasteiger partial charge in [-0.15, -0.1) is 0 Å². The van der Waals surface area contributed by atoms with Crippen molar-refractivity contribution in [2.75, 3.05) is 38.6 Å². The Balaban J connectivity index is 1.42. The first-order valence-electron chi connectivity index (χ1n) is 40.7. The number of carboxylic acid groups (broad SMARTS) is 4. The molecule has 46 heteroatoms. The number of para-hydroxylation sites is 4. The number of carbonyl (C=O) groups excluding carboxylic acids is 17. The highest BCUT2D eigenvalue weighted by molar-refractivity contribution is 6.05. The number of carboxylic acids is 4. The Hall–Kier alpha value is -14.4. The number of aliphatic hydroxyl groups is 1. The summed E-state index contributed by atoms with van der Waals surface area (Å²) < 4.78 is 17.1. The normalized spacial score (nSPS) is 21.2. The van der Waals surface area contributed by atoms with Gasteiger partial charge in [0.15, 0.2) is 17.3 Å². The average molecular weight is 1780 g/mol. The van der Waals surface area contributed by atoms with Crippen molar-refractivity contribution >= 4 is 141 Å². The average Bonchev–Trinajstić information content (AvgIpc) is 1.74. The summed E-state index contributed by atoms with van der Waals surface area (Å²) in [5.74, 6) is -30.6. The molecule has 0 saturated carbocycles. The van der Waals surface area contributed by atoms with Gasteiger partial charge in [-0.05, 0) is 74.9 Å². The van der Waals surface area contributed by atoms with Gasteiger partial charge in [0.25, 0.3) is 5.91 Å². The summed E-state index contributed by atoms with van der Waals surface area (Å²) in [6.07, 6.45) is -4.25. The minimum Gasteiger partial charge on any atom is -0.485 e. The number of Topliss-reactive ketones (excluding diaryl/α,β-unsaturated/α-hetero) is 1. The Morgan fingerprint density at radius 1 is 0.535 bits per heavy atom. The van der Waals surface area contributed by atoms with Crippen LogP contribution in [0.15, 0.2) is 79.0 Å². The molecule has 15 amide bonds. The second-order valence-corrected chi connectivity index (χ2v) is 30.1. The van der Waals surface area contributed by atoms with Crippen LogP contribution < -0.4 is 95.4 Å². The zero-order chi connectivity index (χ0) is 93.7. The molecule has 0 aliphatic carbocycles. The molecule has 24 N–H and O–H groups in total. The number of ether oxygens (including phenoxy) is 3. The number of aliphatic carboxylic acids is 4. The summed E-state index contributed by atoms with van der Waals surface area (Å²) in [4.78, 5) is 293. The maximum absolute atomic E-state index is 15.0. The number of cyclic esters (lactones) is 1. The van der Waals surface area contributed by atoms with Gasteiger partial charge < -0.3 is 131 Å². The number of aliphatic hydroxyl groups excluding tert-OH is 1. The highest BCUT2D eigenvalue weighted by Crippen LogP contribution is 2.31. The number of carbonyl (C=O) groups is 21. The number of nitrogen functional groups attached to an aromatic ring is 1. The van der Waals surface area contributed by atoms with Crippen molar-refractivity contribution in [3.63, 3.8) is 0 Å². The number of primary amides is 1. The van der Waals surface area contributed by atoms with E-state index in [2.05, 4.69) is 70.4 Å². The van der Waals surface area contributed by atoms with E-state index in [1.54, 1.807) is 48.7 Å². The summed E-state index contributed by atoms with van der Waals surface area (Å²) in [6, 6.07) is -4.80. The molecule has 127 heavy (non-hydrogen) atoms. The fourth-order valence-electron chi connectivity index (χ4n) is 13.2. The second-order valence-electron chi connectivity index (χ2n) is 30.1. The van der Waals surface area contributed by atoms with Crippen molar-refractivity contribution in [3.8, 4) is 11.5 Å². The number of H-pyrrole nitrogens is 1. The molecule has 0 radical (unpaired) electrons. The van der Waals surface area contributed by atoms with Crippen LogP contribution in [0.3, 0.4) is 0 Å². The topological polar surface area (TPSA) is 724 Å². The molecule has 0 spiro atoms. The molecule has 14 atom stereocenters. The van der Waals surface area contributed by atoms with Crippen molar-refractivity contribution in [1.82, 2.24) is 79.4 Å². The maximum Gasteiger partial charge on any atom is 0.329 e. The highest BCUT2D eigenvalue weighted by atomic mass is 16.6. The summed E-state index contributed by atoms with van der Waals surface area (Å²) >= 11 is 0. The van der Waals surface area contributed by atoms with Crippen molar-refractivity contribution in [2.24, 2.45) is 11.7 Å². The van der Waals surface area contributed by atoms with Crippen molar-refractivity contribution in [1.29, 1.82) is 0 Å². The number of esters is 1. The molecule has 1 saturated heterocycles. The fraction of sp³-hybridized carbons (Fsp3) is 0.494. The standard InChI is InChI=1S/C81H107N17O29/c1-5-6-7-8-9-10-11-26-61(102)90-49(29-43-35-85-47-22-15-13-19-44(43)47)74(117)93-50(31-60(83)101)75(118)95-53(34-67(111)112)76(119)98-69-42(4)126-81(124)54(30-56(100)45-20-12-14-21-46(45)82)96-80(123)68(40(2)28-64(105)106)97-77(120)55(38-99)91-63(104)36-86-71(114)51(32-65(107)108)92-70(113)41(3)88-73(116)52(33-66(109)110)94-72(115)48(89-62(103)37-87-79(69)122)23-18-27-84-78(121)59-39-125-57-24-16-17-25-58(57)127-59/h12-17,19-22,24-25,35,40-42,48-55,59,68-69,85,99H,5-11,18,23,26-34,36-39,82H2,1-4H3,(H2,83,101)(H,84,121)(H,86,114)(H,87,122)(H,88,116)(H,89,103)(H,90,102)(H,91,104)(H,92,113)(H,93,117)(H,94,115)(H,95,118)(H,96,123)(H,97,120)(H,98,119)(H,105,106)(H,107,108)(H,109,110)(H,111,112)/t40-,41-,42?,48+,49+,50+,51+,52?,53+,54+,55-,59?,68?,69?/m1/s1. The third-order valence-electron chi connectivity index (χ3n) is 19.9. The van der Waals surface area contributed by atoms with E-state index in [-0.39, 0.29) is 49.4 Å². The SMILES string of the molecule is CCCCCCCCCC(=O)N[C@@H](Cc1c[nH]c2ccccc12)C(=O)N[C@@H](CC(N)=O)C(=O)N[C@@H](CC(=O)O)C(=O)NC1C(=O)NCC(=O)N[C@@H](CCCNC(=O)C2COc3ccccc3O2)C(=O)NC(CC(=O)O)C(=O)N[C@H](C)C(=O)N[C@@H](CC(=O)O)C(=O)NCC(=O)N[C@H](CO)C(=O)NC([C@H](C)CC(=O)O)C(=O)N[C@@H](CC(=O)c2ccccc2N)C(=O)OC1C. The second kappa shape index (κ2) is 50.4. The van der Waals surface area contributed by atoms with E-state index < -0.39 is 273 Å². The van der Waals surface area contributed by atoms with Crippen LogP contribution in [0.25, 0.3) is 10.9 Å². The monoisotopic (exact) mass is 1780 g/mol. The van der Waals surface area contributed by atoms with Gasteiger partial charge in [-0.1, -0.05) is 94.8 Å². The van der Waals surface area contributed by atoms with Crippen LogP contribution in [0.5, 0.6) is 11.5 Å². The predicted octanol–water partition coefficient (Wildman–Crippen LogP) is -4.62. The smallest absolute Gasteiger partial charge is 0.329 e. The van der Waals surface area contributed by atoms with Gasteiger partial charge >= 0.3 is 29.8 Å². The Morgan fingerprint density at radius 2 is 1.09 bits per heavy atom. The number of hydrogen-bond donors (Lipinski definition) is 22. The first-order valence-corrected chi connectivity index (χ1v) is 40.7. The summed E-state index contributed by atoms with van der Waals surface area (Å²) in [6.45, 7) is 0.539. The van der Waals surface area contributed by atoms with Gasteiger partial charge in [0, 0.05) is 54.2 Å². The number of unbranched alkanes of at least 4 members (excludes halogenated alkanes) is 6. The van der Waals surface area contributed by atoms with Crippen LogP contribution in [0.4, 0.5) is 5.69 Å². The van der Waals surface area contributed by atoms with Crippen molar-refractivity contribution < 1.29 is 140 Å². The largest absolute Gasteiger partial charge is 0.485 e. The number of nitrogens with two attached hydrogens (primary N) is 2. The molecule has 2 aliphatic rings. The molecule has 6 rings (SSSR count). The number of fused-ring (bicyclic) bond motifs is 2. The van der Waals surface area contributed by atoms with Gasteiger partial charge in [-0.2, -0.15) is 0 Å². The lowest BCUT2D eigenvalue weighted by Gasteiger charge is -2.30. The van der Waals surface area contributed by atoms with Crippen LogP contribution in [0.2, 0.25) is 0 Å². The number of ketones is 1. The molecule has 5 unspecified atom stereocenters. The Bertz CT molecular complexity index is 4690. The molecular formula is C81H107N17O29. The summed E-state index contributed by atoms with van der Waals surface area (Å²) in [5.41, 5.74) is 12.4. The summed E-state index contributed by atoms with van der Waals surface area (Å²) in [5, 5.41) is 81.8. The molecule has 3 aromatic carbocycles. The minimum absolute atomic E-state index is 0.0331. The lowest BCUT2D eigenvalue weighted by Crippen LogP contribution is -2.62. The fourth-order valence-corrected chi connectivity index (χ4v) is 13.2. The first kappa shape index (κ1) is 101. The molecular weight excluding hydrogens is 1670 g/mol. The number of hydrogen-bond acceptors (Lipinski definition) is 26. The summed E-state index contributed by atoms with van der Waals surface area (Å²) in [7, 11) is 0. The van der Waals surface area contributed by atoms with E-state index in [1.165, 1.54) is 30.3 Å². The molecule has 4 aromatic rings. The van der Waals surface area contributed by atoms with Gasteiger partial charge in [-0.25, -0.2) is 4.79 Å². The van der Waals surface area contributed by atoms with Crippen LogP contribution in [-0.2, 0) is 107 Å².